The van der Waals surface area contributed by atoms with Gasteiger partial charge in [-0.25, -0.2) is 14.4 Å². The number of hydrogen-bond donors (Lipinski definition) is 2. The molecule has 1 rings (SSSR count). The van der Waals surface area contributed by atoms with Crippen LogP contribution in [0.25, 0.3) is 0 Å². The second-order valence-corrected chi connectivity index (χ2v) is 5.44. The number of piperazine rings is 1. The molecule has 0 aromatic heterocycles. The first-order valence-electron chi connectivity index (χ1n) is 6.81. The molecule has 0 aromatic carbocycles. The molecular weight excluding hydrogens is 292 g/mol. The lowest BCUT2D eigenvalue weighted by Crippen LogP contribution is -2.53. The first-order valence-corrected chi connectivity index (χ1v) is 6.81. The van der Waals surface area contributed by atoms with Gasteiger partial charge < -0.3 is 20.1 Å². The molecule has 1 atom stereocenters. The first kappa shape index (κ1) is 18.0. The van der Waals surface area contributed by atoms with Crippen molar-refractivity contribution in [3.05, 3.63) is 12.7 Å². The third kappa shape index (κ3) is 5.05. The normalized spacial score (nSPS) is 18.2. The quantitative estimate of drug-likeness (QED) is 0.276. The summed E-state index contributed by atoms with van der Waals surface area (Å²) >= 11 is 0. The molecule has 1 fully saturated rings. The number of esters is 3. The fourth-order valence-electron chi connectivity index (χ4n) is 1.68. The Bertz CT molecular complexity index is 480. The average molecular weight is 312 g/mol. The van der Waals surface area contributed by atoms with Crippen LogP contribution in [0.15, 0.2) is 12.7 Å². The smallest absolute Gasteiger partial charge is 0.383 e. The van der Waals surface area contributed by atoms with Gasteiger partial charge in [0.15, 0.2) is 0 Å². The van der Waals surface area contributed by atoms with Crippen molar-refractivity contribution >= 4 is 23.7 Å². The zero-order chi connectivity index (χ0) is 16.8. The lowest BCUT2D eigenvalue weighted by molar-refractivity contribution is -0.169. The fraction of sp³-hybridized carbons (Fsp3) is 0.571. The molecule has 1 saturated heterocycles. The Morgan fingerprint density at radius 2 is 1.95 bits per heavy atom. The Hall–Kier alpha value is -2.06. The van der Waals surface area contributed by atoms with Crippen LogP contribution >= 0.6 is 0 Å². The SMILES string of the molecule is C=CC(=O)OCC(C)(C)C(=O)C(=O)OC(=O)[C@@H]1CNCCN1. The van der Waals surface area contributed by atoms with Gasteiger partial charge >= 0.3 is 17.9 Å². The molecule has 0 aliphatic carbocycles. The van der Waals surface area contributed by atoms with E-state index in [1.165, 1.54) is 13.8 Å². The molecule has 1 aliphatic heterocycles. The highest BCUT2D eigenvalue weighted by Crippen LogP contribution is 2.18. The molecule has 22 heavy (non-hydrogen) atoms. The summed E-state index contributed by atoms with van der Waals surface area (Å²) in [6, 6.07) is -0.674. The Morgan fingerprint density at radius 1 is 1.27 bits per heavy atom. The third-order valence-corrected chi connectivity index (χ3v) is 3.06. The molecule has 2 N–H and O–H groups in total. The van der Waals surface area contributed by atoms with E-state index in [0.717, 1.165) is 6.08 Å². The minimum absolute atomic E-state index is 0.316. The van der Waals surface area contributed by atoms with Crippen molar-refractivity contribution in [2.24, 2.45) is 5.41 Å². The summed E-state index contributed by atoms with van der Waals surface area (Å²) in [5.74, 6) is -3.73. The standard InChI is InChI=1S/C14H20N2O6/c1-4-10(17)21-8-14(2,3)11(18)13(20)22-12(19)9-7-15-5-6-16-9/h4,9,15-16H,1,5-8H2,2-3H3/t9-/m0/s1. The minimum atomic E-state index is -1.30. The molecular formula is C14H20N2O6. The highest BCUT2D eigenvalue weighted by Gasteiger charge is 2.37. The maximum Gasteiger partial charge on any atom is 0.383 e. The first-order chi connectivity index (χ1) is 10.3. The lowest BCUT2D eigenvalue weighted by atomic mass is 9.89. The Morgan fingerprint density at radius 3 is 2.50 bits per heavy atom. The second-order valence-electron chi connectivity index (χ2n) is 5.44. The van der Waals surface area contributed by atoms with Gasteiger partial charge in [0, 0.05) is 25.7 Å². The van der Waals surface area contributed by atoms with Gasteiger partial charge in [0.05, 0.1) is 5.41 Å². The summed E-state index contributed by atoms with van der Waals surface area (Å²) in [6.45, 7) is 7.32. The number of carbonyl (C=O) groups excluding carboxylic acids is 4. The van der Waals surface area contributed by atoms with E-state index < -0.39 is 35.1 Å². The maximum absolute atomic E-state index is 12.0. The summed E-state index contributed by atoms with van der Waals surface area (Å²) in [6.07, 6.45) is 0.949. The molecule has 8 nitrogen and oxygen atoms in total. The zero-order valence-electron chi connectivity index (χ0n) is 12.6. The number of rotatable bonds is 6. The lowest BCUT2D eigenvalue weighted by Gasteiger charge is -2.23. The van der Waals surface area contributed by atoms with Crippen LogP contribution in [0.5, 0.6) is 0 Å². The van der Waals surface area contributed by atoms with Crippen LogP contribution in [0.2, 0.25) is 0 Å². The van der Waals surface area contributed by atoms with E-state index >= 15 is 0 Å². The van der Waals surface area contributed by atoms with Crippen LogP contribution in [0.1, 0.15) is 13.8 Å². The monoisotopic (exact) mass is 312 g/mol. The number of nitrogens with one attached hydrogen (secondary N) is 2. The van der Waals surface area contributed by atoms with Crippen LogP contribution in [-0.4, -0.2) is 56.0 Å². The third-order valence-electron chi connectivity index (χ3n) is 3.06. The van der Waals surface area contributed by atoms with Gasteiger partial charge in [-0.15, -0.1) is 0 Å². The summed E-state index contributed by atoms with van der Waals surface area (Å²) in [5.41, 5.74) is -1.30. The highest BCUT2D eigenvalue weighted by molar-refractivity contribution is 6.37. The van der Waals surface area contributed by atoms with Crippen LogP contribution in [0.4, 0.5) is 0 Å². The van der Waals surface area contributed by atoms with Crippen LogP contribution < -0.4 is 10.6 Å². The second kappa shape index (κ2) is 7.81. The molecule has 0 amide bonds. The van der Waals surface area contributed by atoms with Crippen molar-refractivity contribution < 1.29 is 28.7 Å². The van der Waals surface area contributed by atoms with Crippen LogP contribution in [-0.2, 0) is 28.7 Å². The largest absolute Gasteiger partial charge is 0.461 e. The van der Waals surface area contributed by atoms with E-state index in [9.17, 15) is 19.2 Å². The zero-order valence-corrected chi connectivity index (χ0v) is 12.6. The molecule has 122 valence electrons. The van der Waals surface area contributed by atoms with Gasteiger partial charge in [-0.05, 0) is 13.8 Å². The fourth-order valence-corrected chi connectivity index (χ4v) is 1.68. The van der Waals surface area contributed by atoms with Crippen molar-refractivity contribution in [3.8, 4) is 0 Å². The number of carbonyl (C=O) groups is 4. The number of ketones is 1. The topological polar surface area (TPSA) is 111 Å². The molecule has 0 aromatic rings. The predicted octanol–water partition coefficient (Wildman–Crippen LogP) is -1.06. The number of Topliss-reactive ketones (excluding diaryl/α,β-unsaturated/α-hetero) is 1. The van der Waals surface area contributed by atoms with Crippen molar-refractivity contribution in [2.45, 2.75) is 19.9 Å². The molecule has 8 heteroatoms. The van der Waals surface area contributed by atoms with Gasteiger partial charge in [-0.1, -0.05) is 6.58 Å². The van der Waals surface area contributed by atoms with Crippen molar-refractivity contribution in [1.29, 1.82) is 0 Å². The van der Waals surface area contributed by atoms with Crippen molar-refractivity contribution in [2.75, 3.05) is 26.2 Å². The minimum Gasteiger partial charge on any atom is -0.461 e. The Kier molecular flexibility index (Phi) is 6.39. The van der Waals surface area contributed by atoms with E-state index in [1.807, 2.05) is 0 Å². The van der Waals surface area contributed by atoms with Gasteiger partial charge in [-0.3, -0.25) is 4.79 Å². The maximum atomic E-state index is 12.0. The summed E-state index contributed by atoms with van der Waals surface area (Å²) in [7, 11) is 0. The molecule has 0 saturated carbocycles. The molecule has 0 radical (unpaired) electrons. The van der Waals surface area contributed by atoms with E-state index in [1.54, 1.807) is 0 Å². The predicted molar refractivity (Wildman–Crippen MR) is 75.7 cm³/mol. The van der Waals surface area contributed by atoms with Gasteiger partial charge in [0.2, 0.25) is 5.78 Å². The van der Waals surface area contributed by atoms with E-state index in [-0.39, 0.29) is 6.61 Å². The summed E-state index contributed by atoms with van der Waals surface area (Å²) in [5, 5.41) is 5.83. The molecule has 0 bridgehead atoms. The number of hydrogen-bond acceptors (Lipinski definition) is 8. The van der Waals surface area contributed by atoms with Crippen molar-refractivity contribution in [3.63, 3.8) is 0 Å². The highest BCUT2D eigenvalue weighted by atomic mass is 16.6. The summed E-state index contributed by atoms with van der Waals surface area (Å²) in [4.78, 5) is 46.5. The van der Waals surface area contributed by atoms with E-state index in [4.69, 9.17) is 4.74 Å². The van der Waals surface area contributed by atoms with Gasteiger partial charge in [0.1, 0.15) is 12.6 Å². The molecule has 1 heterocycles. The van der Waals surface area contributed by atoms with E-state index in [2.05, 4.69) is 21.9 Å². The summed E-state index contributed by atoms with van der Waals surface area (Å²) < 4.78 is 9.34. The molecule has 0 unspecified atom stereocenters. The van der Waals surface area contributed by atoms with Gasteiger partial charge in [-0.2, -0.15) is 0 Å². The average Bonchev–Trinajstić information content (AvgIpc) is 2.52. The van der Waals surface area contributed by atoms with Crippen LogP contribution in [0.3, 0.4) is 0 Å². The van der Waals surface area contributed by atoms with Crippen molar-refractivity contribution in [1.82, 2.24) is 10.6 Å². The Labute approximate surface area is 128 Å². The molecule has 1 aliphatic rings. The van der Waals surface area contributed by atoms with Gasteiger partial charge in [0.25, 0.3) is 0 Å². The Balaban J connectivity index is 2.55. The van der Waals surface area contributed by atoms with Crippen LogP contribution in [0, 0.1) is 5.41 Å². The molecule has 0 spiro atoms. The van der Waals surface area contributed by atoms with E-state index in [0.29, 0.717) is 19.6 Å². The number of ether oxygens (including phenoxy) is 2.